The molecule has 2 aliphatic heterocycles. The molecule has 1 N–H and O–H groups in total. The number of hydrogen-bond acceptors (Lipinski definition) is 4. The van der Waals surface area contributed by atoms with Crippen LogP contribution in [0.4, 0.5) is 18.9 Å². The molecule has 7 heteroatoms. The lowest BCUT2D eigenvalue weighted by Crippen LogP contribution is -2.54. The molecule has 2 fully saturated rings. The second-order valence-corrected chi connectivity index (χ2v) is 7.78. The first-order valence-electron chi connectivity index (χ1n) is 10.0. The summed E-state index contributed by atoms with van der Waals surface area (Å²) in [6.45, 7) is 2.72. The van der Waals surface area contributed by atoms with Gasteiger partial charge < -0.3 is 14.7 Å². The summed E-state index contributed by atoms with van der Waals surface area (Å²) in [6, 6.07) is 10.2. The van der Waals surface area contributed by atoms with Crippen molar-refractivity contribution >= 4 is 5.69 Å². The van der Waals surface area contributed by atoms with E-state index in [-0.39, 0.29) is 11.6 Å². The Balaban J connectivity index is 1.30. The third kappa shape index (κ3) is 4.67. The number of likely N-dealkylation sites (tertiary alicyclic amines) is 1. The minimum atomic E-state index is -0.736. The number of piperidine rings is 2. The van der Waals surface area contributed by atoms with Crippen LogP contribution in [0.1, 0.15) is 19.3 Å². The number of β-amino-alcohol motifs (C(OH)–C–C–N with tert-alkyl or cyclic N) is 1. The molecule has 0 saturated carbocycles. The highest BCUT2D eigenvalue weighted by Gasteiger charge is 2.34. The first-order valence-corrected chi connectivity index (χ1v) is 10.0. The first-order chi connectivity index (χ1) is 14.0. The lowest BCUT2D eigenvalue weighted by Gasteiger charge is -2.43. The van der Waals surface area contributed by atoms with Crippen LogP contribution in [0.5, 0.6) is 5.75 Å². The Labute approximate surface area is 168 Å². The van der Waals surface area contributed by atoms with Crippen LogP contribution in [-0.2, 0) is 0 Å². The van der Waals surface area contributed by atoms with Gasteiger partial charge in [0.2, 0.25) is 0 Å². The largest absolute Gasteiger partial charge is 0.487 e. The zero-order valence-electron chi connectivity index (χ0n) is 16.1. The number of nitrogens with zero attached hydrogens (tertiary/aromatic N) is 2. The van der Waals surface area contributed by atoms with Crippen LogP contribution >= 0.6 is 0 Å². The van der Waals surface area contributed by atoms with Gasteiger partial charge in [-0.25, -0.2) is 13.2 Å². The Hall–Kier alpha value is -2.25. The zero-order chi connectivity index (χ0) is 20.4. The lowest BCUT2D eigenvalue weighted by molar-refractivity contribution is -0.0401. The van der Waals surface area contributed by atoms with Gasteiger partial charge in [-0.2, -0.15) is 0 Å². The number of benzene rings is 2. The molecule has 4 rings (SSSR count). The maximum Gasteiger partial charge on any atom is 0.146 e. The number of anilines is 1. The minimum Gasteiger partial charge on any atom is -0.487 e. The van der Waals surface area contributed by atoms with Gasteiger partial charge in [-0.15, -0.1) is 0 Å². The van der Waals surface area contributed by atoms with Crippen LogP contribution in [0.25, 0.3) is 0 Å². The molecule has 2 atom stereocenters. The number of rotatable bonds is 4. The Kier molecular flexibility index (Phi) is 5.96. The van der Waals surface area contributed by atoms with Crippen molar-refractivity contribution in [2.24, 2.45) is 0 Å². The molecule has 4 nitrogen and oxygen atoms in total. The zero-order valence-corrected chi connectivity index (χ0v) is 16.1. The van der Waals surface area contributed by atoms with Gasteiger partial charge in [0, 0.05) is 50.4 Å². The molecule has 0 spiro atoms. The maximum absolute atomic E-state index is 14.0. The van der Waals surface area contributed by atoms with Crippen molar-refractivity contribution in [3.63, 3.8) is 0 Å². The predicted octanol–water partition coefficient (Wildman–Crippen LogP) is 3.59. The molecular formula is C22H25F3N2O2. The van der Waals surface area contributed by atoms with Crippen molar-refractivity contribution in [2.75, 3.05) is 31.1 Å². The number of hydrogen-bond donors (Lipinski definition) is 1. The summed E-state index contributed by atoms with van der Waals surface area (Å²) < 4.78 is 46.3. The molecule has 2 aliphatic rings. The maximum atomic E-state index is 14.0. The Morgan fingerprint density at radius 2 is 1.59 bits per heavy atom. The number of aliphatic hydroxyl groups is 1. The molecular weight excluding hydrogens is 381 g/mol. The standard InChI is InChI=1S/C22H25F3N2O2/c23-15-11-16(24)13-18(12-15)29-22-7-10-27(14-21(22)28)17-5-8-26(9-6-17)20-4-2-1-3-19(20)25/h1-4,11-13,17,21-22,28H,5-10,14H2/t21-,22-/m1/s1. The van der Waals surface area contributed by atoms with Crippen molar-refractivity contribution in [1.82, 2.24) is 4.90 Å². The van der Waals surface area contributed by atoms with Crippen LogP contribution in [0.3, 0.4) is 0 Å². The predicted molar refractivity (Wildman–Crippen MR) is 105 cm³/mol. The average molecular weight is 406 g/mol. The van der Waals surface area contributed by atoms with E-state index in [1.165, 1.54) is 6.07 Å². The average Bonchev–Trinajstić information content (AvgIpc) is 2.69. The Bertz CT molecular complexity index is 822. The van der Waals surface area contributed by atoms with Crippen LogP contribution < -0.4 is 9.64 Å². The van der Waals surface area contributed by atoms with Crippen LogP contribution in [-0.4, -0.2) is 54.4 Å². The molecule has 0 aromatic heterocycles. The van der Waals surface area contributed by atoms with E-state index in [0.717, 1.165) is 50.7 Å². The van der Waals surface area contributed by atoms with Crippen molar-refractivity contribution in [1.29, 1.82) is 0 Å². The summed E-state index contributed by atoms with van der Waals surface area (Å²) in [7, 11) is 0. The van der Waals surface area contributed by atoms with Gasteiger partial charge >= 0.3 is 0 Å². The highest BCUT2D eigenvalue weighted by atomic mass is 19.1. The number of ether oxygens (including phenoxy) is 1. The molecule has 2 heterocycles. The fraction of sp³-hybridized carbons (Fsp3) is 0.455. The van der Waals surface area contributed by atoms with E-state index >= 15 is 0 Å². The molecule has 0 radical (unpaired) electrons. The summed E-state index contributed by atoms with van der Waals surface area (Å²) in [4.78, 5) is 4.31. The van der Waals surface area contributed by atoms with Gasteiger partial charge in [0.05, 0.1) is 5.69 Å². The fourth-order valence-electron chi connectivity index (χ4n) is 4.36. The van der Waals surface area contributed by atoms with E-state index in [1.807, 2.05) is 6.07 Å². The van der Waals surface area contributed by atoms with Gasteiger partial charge in [-0.05, 0) is 31.4 Å². The van der Waals surface area contributed by atoms with Crippen LogP contribution in [0.15, 0.2) is 42.5 Å². The van der Waals surface area contributed by atoms with E-state index < -0.39 is 23.8 Å². The van der Waals surface area contributed by atoms with Gasteiger partial charge in [-0.1, -0.05) is 12.1 Å². The summed E-state index contributed by atoms with van der Waals surface area (Å²) in [5.41, 5.74) is 0.639. The third-order valence-corrected chi connectivity index (χ3v) is 5.85. The molecule has 0 bridgehead atoms. The van der Waals surface area contributed by atoms with Gasteiger partial charge in [0.15, 0.2) is 0 Å². The van der Waals surface area contributed by atoms with E-state index in [9.17, 15) is 18.3 Å². The van der Waals surface area contributed by atoms with Crippen molar-refractivity contribution in [3.05, 3.63) is 59.9 Å². The Morgan fingerprint density at radius 3 is 2.24 bits per heavy atom. The van der Waals surface area contributed by atoms with E-state index in [2.05, 4.69) is 9.80 Å². The van der Waals surface area contributed by atoms with Crippen molar-refractivity contribution in [2.45, 2.75) is 37.5 Å². The quantitative estimate of drug-likeness (QED) is 0.842. The van der Waals surface area contributed by atoms with Crippen molar-refractivity contribution < 1.29 is 23.0 Å². The van der Waals surface area contributed by atoms with Crippen LogP contribution in [0, 0.1) is 17.5 Å². The fourth-order valence-corrected chi connectivity index (χ4v) is 4.36. The number of aliphatic hydroxyl groups excluding tert-OH is 1. The van der Waals surface area contributed by atoms with E-state index in [4.69, 9.17) is 4.74 Å². The number of para-hydroxylation sites is 1. The second-order valence-electron chi connectivity index (χ2n) is 7.78. The van der Waals surface area contributed by atoms with Gasteiger partial charge in [0.25, 0.3) is 0 Å². The minimum absolute atomic E-state index is 0.0956. The first kappa shape index (κ1) is 20.0. The summed E-state index contributed by atoms with van der Waals surface area (Å²) >= 11 is 0. The molecule has 0 amide bonds. The summed E-state index contributed by atoms with van der Waals surface area (Å²) in [5.74, 6) is -1.51. The highest BCUT2D eigenvalue weighted by Crippen LogP contribution is 2.28. The molecule has 29 heavy (non-hydrogen) atoms. The van der Waals surface area contributed by atoms with Crippen molar-refractivity contribution in [3.8, 4) is 5.75 Å². The molecule has 2 saturated heterocycles. The molecule has 0 aliphatic carbocycles. The smallest absolute Gasteiger partial charge is 0.146 e. The van der Waals surface area contributed by atoms with Crippen LogP contribution in [0.2, 0.25) is 0 Å². The molecule has 2 aromatic rings. The molecule has 0 unspecified atom stereocenters. The molecule has 2 aromatic carbocycles. The van der Waals surface area contributed by atoms with E-state index in [0.29, 0.717) is 24.7 Å². The van der Waals surface area contributed by atoms with Gasteiger partial charge in [-0.3, -0.25) is 4.90 Å². The monoisotopic (exact) mass is 406 g/mol. The number of halogens is 3. The highest BCUT2D eigenvalue weighted by molar-refractivity contribution is 5.47. The third-order valence-electron chi connectivity index (χ3n) is 5.85. The second kappa shape index (κ2) is 8.63. The molecule has 156 valence electrons. The topological polar surface area (TPSA) is 35.9 Å². The Morgan fingerprint density at radius 1 is 0.897 bits per heavy atom. The summed E-state index contributed by atoms with van der Waals surface area (Å²) in [5, 5.41) is 10.5. The normalized spacial score (nSPS) is 23.9. The SMILES string of the molecule is O[C@@H]1CN(C2CCN(c3ccccc3F)CC2)CC[C@H]1Oc1cc(F)cc(F)c1. The lowest BCUT2D eigenvalue weighted by atomic mass is 9.97. The summed E-state index contributed by atoms with van der Waals surface area (Å²) in [6.07, 6.45) is 1.13. The van der Waals surface area contributed by atoms with E-state index in [1.54, 1.807) is 12.1 Å². The van der Waals surface area contributed by atoms with Gasteiger partial charge in [0.1, 0.15) is 35.4 Å².